The zero-order valence-electron chi connectivity index (χ0n) is 20.0. The molecule has 0 saturated heterocycles. The highest BCUT2D eigenvalue weighted by Crippen LogP contribution is 2.40. The van der Waals surface area contributed by atoms with Gasteiger partial charge in [0.25, 0.3) is 10.0 Å². The first-order valence-corrected chi connectivity index (χ1v) is 13.3. The molecule has 0 unspecified atom stereocenters. The summed E-state index contributed by atoms with van der Waals surface area (Å²) < 4.78 is 48.5. The van der Waals surface area contributed by atoms with Gasteiger partial charge in [0.1, 0.15) is 22.3 Å². The number of halogens is 3. The first-order chi connectivity index (χ1) is 18.1. The maximum absolute atomic E-state index is 15.4. The lowest BCUT2D eigenvalue weighted by atomic mass is 10.0. The molecule has 2 aromatic carbocycles. The number of carbonyl (C=O) groups excluding carboxylic acids is 1. The fourth-order valence-corrected chi connectivity index (χ4v) is 4.70. The molecule has 0 aliphatic heterocycles. The van der Waals surface area contributed by atoms with Crippen LogP contribution < -0.4 is 14.4 Å². The van der Waals surface area contributed by atoms with Gasteiger partial charge >= 0.3 is 0 Å². The molecule has 4 rings (SSSR count). The number of nitrogens with one attached hydrogen (secondary N) is 1. The van der Waals surface area contributed by atoms with Crippen LogP contribution in [0.25, 0.3) is 11.1 Å². The van der Waals surface area contributed by atoms with Crippen molar-refractivity contribution in [2.24, 2.45) is 0 Å². The van der Waals surface area contributed by atoms with Crippen molar-refractivity contribution in [2.75, 3.05) is 16.7 Å². The molecule has 0 spiro atoms. The van der Waals surface area contributed by atoms with E-state index in [-0.39, 0.29) is 45.1 Å². The van der Waals surface area contributed by atoms with Gasteiger partial charge in [0.2, 0.25) is 11.9 Å². The van der Waals surface area contributed by atoms with Gasteiger partial charge in [-0.25, -0.2) is 32.5 Å². The van der Waals surface area contributed by atoms with Crippen LogP contribution in [-0.2, 0) is 14.8 Å². The molecular weight excluding hydrogens is 556 g/mol. The summed E-state index contributed by atoms with van der Waals surface area (Å²) in [6.45, 7) is 1.63. The van der Waals surface area contributed by atoms with Gasteiger partial charge in [0.15, 0.2) is 0 Å². The maximum Gasteiger partial charge on any atom is 0.265 e. The van der Waals surface area contributed by atoms with Gasteiger partial charge in [-0.2, -0.15) is 0 Å². The van der Waals surface area contributed by atoms with E-state index in [9.17, 15) is 13.2 Å². The SMILES string of the molecule is CCC(=O)N(c1ccc(S(=O)(=O)Nc2ncccn2)cn1)c1cc(F)c(-c2ccc(Cl)c(Cl)c2)cc1OC. The summed E-state index contributed by atoms with van der Waals surface area (Å²) in [5.41, 5.74) is 0.717. The first-order valence-electron chi connectivity index (χ1n) is 11.1. The van der Waals surface area contributed by atoms with Crippen molar-refractivity contribution in [3.8, 4) is 16.9 Å². The Morgan fingerprint density at radius 2 is 1.79 bits per heavy atom. The van der Waals surface area contributed by atoms with Crippen LogP contribution in [0.2, 0.25) is 10.0 Å². The quantitative estimate of drug-likeness (QED) is 0.279. The van der Waals surface area contributed by atoms with Gasteiger partial charge in [-0.3, -0.25) is 9.69 Å². The molecule has 2 heterocycles. The van der Waals surface area contributed by atoms with Crippen molar-refractivity contribution in [3.05, 3.63) is 83.0 Å². The first kappa shape index (κ1) is 27.2. The second-order valence-electron chi connectivity index (χ2n) is 7.75. The minimum absolute atomic E-state index is 0.0496. The number of methoxy groups -OCH3 is 1. The Kier molecular flexibility index (Phi) is 8.10. The Labute approximate surface area is 228 Å². The van der Waals surface area contributed by atoms with Crippen molar-refractivity contribution < 1.29 is 22.3 Å². The predicted molar refractivity (Wildman–Crippen MR) is 143 cm³/mol. The summed E-state index contributed by atoms with van der Waals surface area (Å²) >= 11 is 12.1. The van der Waals surface area contributed by atoms with E-state index in [1.54, 1.807) is 25.1 Å². The highest BCUT2D eigenvalue weighted by Gasteiger charge is 2.25. The Morgan fingerprint density at radius 3 is 2.39 bits per heavy atom. The number of anilines is 3. The smallest absolute Gasteiger partial charge is 0.265 e. The molecule has 9 nitrogen and oxygen atoms in total. The van der Waals surface area contributed by atoms with E-state index in [0.717, 1.165) is 17.2 Å². The zero-order chi connectivity index (χ0) is 27.4. The molecule has 0 bridgehead atoms. The van der Waals surface area contributed by atoms with Crippen LogP contribution in [0.4, 0.5) is 21.8 Å². The molecule has 13 heteroatoms. The molecule has 0 aliphatic carbocycles. The van der Waals surface area contributed by atoms with Gasteiger partial charge < -0.3 is 4.74 Å². The van der Waals surface area contributed by atoms with Gasteiger partial charge in [0, 0.05) is 36.6 Å². The number of pyridine rings is 1. The van der Waals surface area contributed by atoms with E-state index in [4.69, 9.17) is 27.9 Å². The van der Waals surface area contributed by atoms with Crippen molar-refractivity contribution in [2.45, 2.75) is 18.2 Å². The molecular formula is C25H20Cl2FN5O4S. The van der Waals surface area contributed by atoms with Crippen LogP contribution in [0, 0.1) is 5.82 Å². The summed E-state index contributed by atoms with van der Waals surface area (Å²) in [6.07, 6.45) is 3.90. The number of ether oxygens (including phenoxy) is 1. The molecule has 0 aliphatic rings. The average molecular weight is 576 g/mol. The number of hydrogen-bond acceptors (Lipinski definition) is 7. The third-order valence-corrected chi connectivity index (χ3v) is 7.40. The number of amides is 1. The van der Waals surface area contributed by atoms with E-state index in [0.29, 0.717) is 10.6 Å². The van der Waals surface area contributed by atoms with Crippen molar-refractivity contribution in [1.29, 1.82) is 0 Å². The van der Waals surface area contributed by atoms with Crippen LogP contribution in [0.1, 0.15) is 13.3 Å². The Morgan fingerprint density at radius 1 is 1.05 bits per heavy atom. The number of nitrogens with zero attached hydrogens (tertiary/aromatic N) is 4. The summed E-state index contributed by atoms with van der Waals surface area (Å²) in [5.74, 6) is -0.952. The van der Waals surface area contributed by atoms with Crippen LogP contribution >= 0.6 is 23.2 Å². The predicted octanol–water partition coefficient (Wildman–Crippen LogP) is 5.87. The lowest BCUT2D eigenvalue weighted by Gasteiger charge is -2.24. The Bertz CT molecular complexity index is 1590. The molecule has 2 aromatic heterocycles. The van der Waals surface area contributed by atoms with Gasteiger partial charge in [-0.15, -0.1) is 0 Å². The largest absolute Gasteiger partial charge is 0.495 e. The van der Waals surface area contributed by atoms with E-state index in [1.165, 1.54) is 43.8 Å². The van der Waals surface area contributed by atoms with Crippen molar-refractivity contribution in [1.82, 2.24) is 15.0 Å². The summed E-state index contributed by atoms with van der Waals surface area (Å²) in [6, 6.07) is 11.4. The van der Waals surface area contributed by atoms with E-state index >= 15 is 4.39 Å². The van der Waals surface area contributed by atoms with E-state index < -0.39 is 21.7 Å². The lowest BCUT2D eigenvalue weighted by Crippen LogP contribution is -2.26. The number of sulfonamides is 1. The summed E-state index contributed by atoms with van der Waals surface area (Å²) in [5, 5.41) is 0.573. The van der Waals surface area contributed by atoms with Crippen molar-refractivity contribution in [3.63, 3.8) is 0 Å². The second kappa shape index (κ2) is 11.3. The molecule has 0 radical (unpaired) electrons. The molecule has 0 saturated carbocycles. The number of carbonyl (C=O) groups is 1. The second-order valence-corrected chi connectivity index (χ2v) is 10.2. The van der Waals surface area contributed by atoms with Gasteiger partial charge in [0.05, 0.1) is 22.8 Å². The van der Waals surface area contributed by atoms with Crippen LogP contribution in [-0.4, -0.2) is 36.4 Å². The van der Waals surface area contributed by atoms with Crippen LogP contribution in [0.3, 0.4) is 0 Å². The minimum Gasteiger partial charge on any atom is -0.495 e. The van der Waals surface area contributed by atoms with E-state index in [1.807, 2.05) is 0 Å². The summed E-state index contributed by atoms with van der Waals surface area (Å²) in [4.78, 5) is 25.8. The molecule has 0 atom stereocenters. The fraction of sp³-hybridized carbons (Fsp3) is 0.120. The number of hydrogen-bond donors (Lipinski definition) is 1. The molecule has 4 aromatic rings. The topological polar surface area (TPSA) is 114 Å². The molecule has 196 valence electrons. The fourth-order valence-electron chi connectivity index (χ4n) is 3.50. The number of aromatic nitrogens is 3. The highest BCUT2D eigenvalue weighted by atomic mass is 35.5. The van der Waals surface area contributed by atoms with Crippen molar-refractivity contribution >= 4 is 56.6 Å². The van der Waals surface area contributed by atoms with Crippen LogP contribution in [0.15, 0.2) is 72.0 Å². The maximum atomic E-state index is 15.4. The minimum atomic E-state index is -4.05. The van der Waals surface area contributed by atoms with E-state index in [2.05, 4.69) is 19.7 Å². The summed E-state index contributed by atoms with van der Waals surface area (Å²) in [7, 11) is -2.68. The lowest BCUT2D eigenvalue weighted by molar-refractivity contribution is -0.117. The highest BCUT2D eigenvalue weighted by molar-refractivity contribution is 7.92. The molecule has 38 heavy (non-hydrogen) atoms. The number of benzene rings is 2. The zero-order valence-corrected chi connectivity index (χ0v) is 22.4. The standard InChI is InChI=1S/C25H20Cl2FN5O4S/c1-3-24(34)33(23-8-6-16(14-31-23)38(35,36)32-25-29-9-4-10-30-25)21-13-20(28)17(12-22(21)37-2)15-5-7-18(26)19(27)11-15/h4-14H,3H2,1-2H3,(H,29,30,32). The molecule has 1 amide bonds. The molecule has 1 N–H and O–H groups in total. The molecule has 0 fully saturated rings. The van der Waals surface area contributed by atoms with Crippen LogP contribution in [0.5, 0.6) is 5.75 Å². The average Bonchev–Trinajstić information content (AvgIpc) is 2.91. The van der Waals surface area contributed by atoms with Gasteiger partial charge in [-0.1, -0.05) is 36.2 Å². The normalized spacial score (nSPS) is 11.2. The Hall–Kier alpha value is -3.80. The van der Waals surface area contributed by atoms with Gasteiger partial charge in [-0.05, 0) is 42.0 Å². The third-order valence-electron chi connectivity index (χ3n) is 5.34. The number of rotatable bonds is 8. The Balaban J connectivity index is 1.74. The monoisotopic (exact) mass is 575 g/mol. The third kappa shape index (κ3) is 5.69.